The van der Waals surface area contributed by atoms with Crippen molar-refractivity contribution in [1.29, 1.82) is 10.8 Å². The van der Waals surface area contributed by atoms with Crippen molar-refractivity contribution < 1.29 is 19.4 Å². The van der Waals surface area contributed by atoms with E-state index in [-0.39, 0.29) is 18.0 Å². The lowest BCUT2D eigenvalue weighted by molar-refractivity contribution is 0.0695. The Balaban J connectivity index is 1.77. The van der Waals surface area contributed by atoms with Gasteiger partial charge in [-0.3, -0.25) is 10.8 Å². The van der Waals surface area contributed by atoms with E-state index >= 15 is 0 Å². The average molecular weight is 453 g/mol. The Hall–Kier alpha value is -3.55. The second kappa shape index (κ2) is 10.8. The second-order valence-corrected chi connectivity index (χ2v) is 8.60. The van der Waals surface area contributed by atoms with Gasteiger partial charge >= 0.3 is 5.97 Å². The van der Waals surface area contributed by atoms with Crippen LogP contribution in [0.4, 0.5) is 0 Å². The number of hydrogen-bond donors (Lipinski definition) is 4. The van der Waals surface area contributed by atoms with E-state index < -0.39 is 5.97 Å². The lowest BCUT2D eigenvalue weighted by Gasteiger charge is -2.20. The van der Waals surface area contributed by atoms with Gasteiger partial charge in [-0.25, -0.2) is 4.79 Å². The molecule has 8 heteroatoms. The molecule has 1 fully saturated rings. The maximum absolute atomic E-state index is 11.8. The third-order valence-electron chi connectivity index (χ3n) is 5.49. The molecule has 0 spiro atoms. The van der Waals surface area contributed by atoms with Crippen LogP contribution in [-0.4, -0.2) is 54.0 Å². The van der Waals surface area contributed by atoms with Gasteiger partial charge in [0.05, 0.1) is 18.8 Å². The fourth-order valence-electron chi connectivity index (χ4n) is 3.71. The summed E-state index contributed by atoms with van der Waals surface area (Å²) in [6, 6.07) is 10.1. The van der Waals surface area contributed by atoms with E-state index in [9.17, 15) is 9.90 Å². The average Bonchev–Trinajstić information content (AvgIpc) is 3.32. The molecule has 8 nitrogen and oxygen atoms in total. The number of carboxylic acid groups (broad SMARTS) is 1. The zero-order valence-electron chi connectivity index (χ0n) is 19.2. The highest BCUT2D eigenvalue weighted by atomic mass is 16.5. The topological polar surface area (TPSA) is 133 Å². The van der Waals surface area contributed by atoms with Crippen LogP contribution in [0.3, 0.4) is 0 Å². The quantitative estimate of drug-likeness (QED) is 0.321. The Bertz CT molecular complexity index is 1030. The van der Waals surface area contributed by atoms with Crippen molar-refractivity contribution in [2.24, 2.45) is 11.7 Å². The maximum Gasteiger partial charge on any atom is 0.335 e. The molecule has 2 aromatic carbocycles. The van der Waals surface area contributed by atoms with Crippen molar-refractivity contribution in [2.75, 3.05) is 26.3 Å². The molecule has 2 aromatic rings. The van der Waals surface area contributed by atoms with Crippen LogP contribution in [0.5, 0.6) is 11.5 Å². The highest BCUT2D eigenvalue weighted by Gasteiger charge is 2.19. The molecule has 0 bridgehead atoms. The Morgan fingerprint density at radius 2 is 1.76 bits per heavy atom. The van der Waals surface area contributed by atoms with Crippen LogP contribution in [0.25, 0.3) is 0 Å². The number of rotatable bonds is 10. The molecule has 0 atom stereocenters. The molecule has 1 aliphatic heterocycles. The molecule has 33 heavy (non-hydrogen) atoms. The third-order valence-corrected chi connectivity index (χ3v) is 5.49. The summed E-state index contributed by atoms with van der Waals surface area (Å²) in [5, 5.41) is 25.8. The molecule has 0 aliphatic carbocycles. The second-order valence-electron chi connectivity index (χ2n) is 8.60. The fourth-order valence-corrected chi connectivity index (χ4v) is 3.71. The van der Waals surface area contributed by atoms with Crippen molar-refractivity contribution in [3.8, 4) is 11.5 Å². The number of nitrogens with one attached hydrogen (secondary N) is 2. The van der Waals surface area contributed by atoms with Gasteiger partial charge in [-0.1, -0.05) is 19.9 Å². The highest BCUT2D eigenvalue weighted by Crippen LogP contribution is 2.29. The van der Waals surface area contributed by atoms with Gasteiger partial charge in [-0.05, 0) is 54.7 Å². The zero-order chi connectivity index (χ0) is 24.0. The zero-order valence-corrected chi connectivity index (χ0v) is 19.2. The summed E-state index contributed by atoms with van der Waals surface area (Å²) < 4.78 is 11.8. The molecule has 1 heterocycles. The summed E-state index contributed by atoms with van der Waals surface area (Å²) >= 11 is 0. The first-order chi connectivity index (χ1) is 15.8. The van der Waals surface area contributed by atoms with Crippen LogP contribution >= 0.6 is 0 Å². The number of benzene rings is 2. The summed E-state index contributed by atoms with van der Waals surface area (Å²) in [6.45, 7) is 6.52. The van der Waals surface area contributed by atoms with Crippen molar-refractivity contribution in [3.05, 3.63) is 58.7 Å². The van der Waals surface area contributed by atoms with Crippen molar-refractivity contribution in [2.45, 2.75) is 33.1 Å². The Morgan fingerprint density at radius 1 is 1.06 bits per heavy atom. The molecule has 1 saturated heterocycles. The number of nitrogens with two attached hydrogens (primary N) is 1. The van der Waals surface area contributed by atoms with Gasteiger partial charge in [0.2, 0.25) is 0 Å². The van der Waals surface area contributed by atoms with Gasteiger partial charge in [0.25, 0.3) is 0 Å². The number of likely N-dealkylation sites (tertiary alicyclic amines) is 1. The minimum Gasteiger partial charge on any atom is -0.489 e. The van der Waals surface area contributed by atoms with Crippen molar-refractivity contribution in [1.82, 2.24) is 4.90 Å². The van der Waals surface area contributed by atoms with Crippen LogP contribution in [0.1, 0.15) is 53.7 Å². The normalized spacial score (nSPS) is 13.2. The maximum atomic E-state index is 11.8. The highest BCUT2D eigenvalue weighted by molar-refractivity contribution is 5.98. The number of hydrogen-bond acceptors (Lipinski definition) is 5. The molecule has 0 radical (unpaired) electrons. The number of carbonyl (C=O) groups is 1. The minimum absolute atomic E-state index is 0.0726. The lowest BCUT2D eigenvalue weighted by atomic mass is 10.0. The van der Waals surface area contributed by atoms with Crippen molar-refractivity contribution in [3.63, 3.8) is 0 Å². The first-order valence-corrected chi connectivity index (χ1v) is 11.2. The summed E-state index contributed by atoms with van der Waals surface area (Å²) in [7, 11) is 0. The number of carboxylic acids is 1. The van der Waals surface area contributed by atoms with Crippen LogP contribution < -0.4 is 15.2 Å². The van der Waals surface area contributed by atoms with Gasteiger partial charge in [0.1, 0.15) is 11.7 Å². The molecule has 176 valence electrons. The smallest absolute Gasteiger partial charge is 0.335 e. The molecule has 3 rings (SSSR count). The van der Waals surface area contributed by atoms with Gasteiger partial charge in [0, 0.05) is 30.6 Å². The Kier molecular flexibility index (Phi) is 7.92. The molecule has 5 N–H and O–H groups in total. The number of amidine groups is 2. The summed E-state index contributed by atoms with van der Waals surface area (Å²) in [5.74, 6) is 0.681. The van der Waals surface area contributed by atoms with Gasteiger partial charge in [-0.2, -0.15) is 0 Å². The summed E-state index contributed by atoms with van der Waals surface area (Å²) in [5.41, 5.74) is 7.66. The monoisotopic (exact) mass is 452 g/mol. The fraction of sp³-hybridized carbons (Fsp3) is 0.400. The SMILES string of the molecule is CC(C)COc1ccc(C(=N)N)cc1OCCc1cc(C(=N)N2CCCC2)ccc1C(=O)O. The van der Waals surface area contributed by atoms with Gasteiger partial charge in [-0.15, -0.1) is 0 Å². The molecule has 0 unspecified atom stereocenters. The van der Waals surface area contributed by atoms with Crippen LogP contribution in [0.2, 0.25) is 0 Å². The van der Waals surface area contributed by atoms with E-state index in [4.69, 9.17) is 26.0 Å². The van der Waals surface area contributed by atoms with E-state index in [1.807, 2.05) is 18.7 Å². The predicted molar refractivity (Wildman–Crippen MR) is 128 cm³/mol. The first-order valence-electron chi connectivity index (χ1n) is 11.2. The van der Waals surface area contributed by atoms with Crippen LogP contribution in [0, 0.1) is 16.7 Å². The van der Waals surface area contributed by atoms with E-state index in [1.54, 1.807) is 36.4 Å². The Morgan fingerprint density at radius 3 is 2.39 bits per heavy atom. The van der Waals surface area contributed by atoms with Crippen LogP contribution in [0.15, 0.2) is 36.4 Å². The van der Waals surface area contributed by atoms with Crippen LogP contribution in [-0.2, 0) is 6.42 Å². The van der Waals surface area contributed by atoms with E-state index in [0.717, 1.165) is 25.9 Å². The molecular weight excluding hydrogens is 420 g/mol. The van der Waals surface area contributed by atoms with E-state index in [1.165, 1.54) is 0 Å². The standard InChI is InChI=1S/C25H32N4O4/c1-16(2)15-33-21-8-6-18(23(26)27)14-22(21)32-12-9-17-13-19(5-7-20(17)25(30)31)24(28)29-10-3-4-11-29/h5-8,13-14,16,28H,3-4,9-12,15H2,1-2H3,(H3,26,27)(H,30,31). The lowest BCUT2D eigenvalue weighted by Crippen LogP contribution is -2.28. The third kappa shape index (κ3) is 6.25. The molecule has 0 amide bonds. The number of aromatic carboxylic acids is 1. The number of nitrogen functional groups attached to an aromatic ring is 1. The summed E-state index contributed by atoms with van der Waals surface area (Å²) in [4.78, 5) is 13.8. The number of nitrogens with zero attached hydrogens (tertiary/aromatic N) is 1. The molecule has 1 aliphatic rings. The van der Waals surface area contributed by atoms with E-state index in [2.05, 4.69) is 0 Å². The largest absolute Gasteiger partial charge is 0.489 e. The van der Waals surface area contributed by atoms with Gasteiger partial charge < -0.3 is 25.2 Å². The van der Waals surface area contributed by atoms with Crippen molar-refractivity contribution >= 4 is 17.6 Å². The predicted octanol–water partition coefficient (Wildman–Crippen LogP) is 3.75. The summed E-state index contributed by atoms with van der Waals surface area (Å²) in [6.07, 6.45) is 2.48. The molecule has 0 saturated carbocycles. The molecular formula is C25H32N4O4. The first kappa shape index (κ1) is 24.1. The minimum atomic E-state index is -1.01. The molecule has 0 aromatic heterocycles. The Labute approximate surface area is 194 Å². The van der Waals surface area contributed by atoms with E-state index in [0.29, 0.717) is 53.0 Å². The van der Waals surface area contributed by atoms with Gasteiger partial charge in [0.15, 0.2) is 11.5 Å². The number of ether oxygens (including phenoxy) is 2.